The van der Waals surface area contributed by atoms with Crippen molar-refractivity contribution in [1.82, 2.24) is 0 Å². The van der Waals surface area contributed by atoms with Gasteiger partial charge in [0.1, 0.15) is 25.4 Å². The zero-order valence-corrected chi connectivity index (χ0v) is 20.6. The lowest BCUT2D eigenvalue weighted by molar-refractivity contribution is -0.946. The highest BCUT2D eigenvalue weighted by Crippen LogP contribution is 2.35. The molecule has 4 heterocycles. The molecule has 6 heteroatoms. The highest BCUT2D eigenvalue weighted by Gasteiger charge is 2.47. The van der Waals surface area contributed by atoms with Crippen LogP contribution >= 0.6 is 11.3 Å². The van der Waals surface area contributed by atoms with Gasteiger partial charge in [-0.25, -0.2) is 4.79 Å². The van der Waals surface area contributed by atoms with Crippen LogP contribution in [0.5, 0.6) is 5.75 Å². The van der Waals surface area contributed by atoms with Gasteiger partial charge in [0, 0.05) is 40.6 Å². The molecule has 3 aliphatic rings. The summed E-state index contributed by atoms with van der Waals surface area (Å²) in [5.74, 6) is 1.38. The van der Waals surface area contributed by atoms with Crippen molar-refractivity contribution < 1.29 is 18.8 Å². The summed E-state index contributed by atoms with van der Waals surface area (Å²) in [5.41, 5.74) is 1.94. The van der Waals surface area contributed by atoms with Crippen molar-refractivity contribution in [1.29, 1.82) is 0 Å². The Kier molecular flexibility index (Phi) is 6.88. The Morgan fingerprint density at radius 1 is 1.03 bits per heavy atom. The van der Waals surface area contributed by atoms with Gasteiger partial charge in [-0.2, -0.15) is 0 Å². The van der Waals surface area contributed by atoms with Crippen molar-refractivity contribution in [2.75, 3.05) is 38.1 Å². The maximum atomic E-state index is 12.9. The number of fused-ring (bicyclic) bond motifs is 3. The largest absolute Gasteiger partial charge is 0.488 e. The first-order valence-corrected chi connectivity index (χ1v) is 13.0. The minimum Gasteiger partial charge on any atom is -0.488 e. The molecular formula is C28H33N2O3S+. The summed E-state index contributed by atoms with van der Waals surface area (Å²) in [5, 5.41) is 3.03. The maximum absolute atomic E-state index is 12.9. The molecule has 1 N–H and O–H groups in total. The zero-order chi connectivity index (χ0) is 23.4. The number of nitrogens with zero attached hydrogens (tertiary/aromatic N) is 1. The fraction of sp³-hybridized carbons (Fsp3) is 0.393. The second-order valence-corrected chi connectivity index (χ2v) is 11.0. The fourth-order valence-electron chi connectivity index (χ4n) is 5.38. The van der Waals surface area contributed by atoms with Crippen LogP contribution in [0, 0.1) is 12.8 Å². The molecule has 1 unspecified atom stereocenters. The van der Waals surface area contributed by atoms with Gasteiger partial charge in [0.2, 0.25) is 0 Å². The van der Waals surface area contributed by atoms with Gasteiger partial charge in [-0.05, 0) is 42.8 Å². The number of aryl methyl sites for hydroxylation is 1. The molecule has 0 saturated carbocycles. The molecule has 3 saturated heterocycles. The Bertz CT molecular complexity index is 1110. The predicted molar refractivity (Wildman–Crippen MR) is 137 cm³/mol. The maximum Gasteiger partial charge on any atom is 0.412 e. The van der Waals surface area contributed by atoms with Crippen molar-refractivity contribution in [2.45, 2.75) is 32.3 Å². The third-order valence-corrected chi connectivity index (χ3v) is 8.29. The van der Waals surface area contributed by atoms with Crippen molar-refractivity contribution in [2.24, 2.45) is 5.92 Å². The van der Waals surface area contributed by atoms with E-state index >= 15 is 0 Å². The van der Waals surface area contributed by atoms with Crippen LogP contribution in [0.3, 0.4) is 0 Å². The van der Waals surface area contributed by atoms with E-state index in [1.54, 1.807) is 11.3 Å². The number of rotatable bonds is 8. The van der Waals surface area contributed by atoms with Gasteiger partial charge in [0.15, 0.2) is 6.10 Å². The second-order valence-electron chi connectivity index (χ2n) is 9.61. The molecule has 3 fully saturated rings. The van der Waals surface area contributed by atoms with E-state index in [1.165, 1.54) is 9.75 Å². The van der Waals surface area contributed by atoms with E-state index in [0.717, 1.165) is 66.9 Å². The molecule has 0 spiro atoms. The lowest BCUT2D eigenvalue weighted by Gasteiger charge is -2.51. The topological polar surface area (TPSA) is 47.6 Å². The van der Waals surface area contributed by atoms with Crippen molar-refractivity contribution in [3.05, 3.63) is 82.0 Å². The molecular weight excluding hydrogens is 444 g/mol. The van der Waals surface area contributed by atoms with Gasteiger partial charge in [-0.1, -0.05) is 36.4 Å². The van der Waals surface area contributed by atoms with E-state index in [9.17, 15) is 4.79 Å². The predicted octanol–water partition coefficient (Wildman–Crippen LogP) is 5.88. The summed E-state index contributed by atoms with van der Waals surface area (Å²) in [6.45, 7) is 6.93. The first kappa shape index (κ1) is 22.9. The highest BCUT2D eigenvalue weighted by atomic mass is 32.1. The third-order valence-electron chi connectivity index (χ3n) is 7.29. The second kappa shape index (κ2) is 10.2. The van der Waals surface area contributed by atoms with E-state index in [-0.39, 0.29) is 12.2 Å². The Balaban J connectivity index is 1.17. The molecule has 178 valence electrons. The van der Waals surface area contributed by atoms with E-state index in [0.29, 0.717) is 12.5 Å². The van der Waals surface area contributed by atoms with Crippen LogP contribution in [0.4, 0.5) is 10.5 Å². The Hall–Kier alpha value is -2.83. The van der Waals surface area contributed by atoms with E-state index < -0.39 is 0 Å². The van der Waals surface area contributed by atoms with Gasteiger partial charge in [-0.3, -0.25) is 5.32 Å². The zero-order valence-electron chi connectivity index (χ0n) is 19.7. The van der Waals surface area contributed by atoms with Crippen LogP contribution in [-0.2, 0) is 11.2 Å². The Morgan fingerprint density at radius 2 is 1.79 bits per heavy atom. The molecule has 3 aliphatic heterocycles. The normalized spacial score (nSPS) is 23.4. The molecule has 2 aromatic carbocycles. The third kappa shape index (κ3) is 5.45. The molecule has 0 aliphatic carbocycles. The number of nitrogens with one attached hydrogen (secondary N) is 1. The number of thiophene rings is 1. The van der Waals surface area contributed by atoms with Crippen LogP contribution in [0.15, 0.2) is 66.7 Å². The Labute approximate surface area is 205 Å². The number of amides is 1. The quantitative estimate of drug-likeness (QED) is 0.412. The molecule has 1 amide bonds. The number of benzene rings is 2. The Morgan fingerprint density at radius 3 is 2.56 bits per heavy atom. The number of quaternary nitrogens is 1. The number of hydrogen-bond donors (Lipinski definition) is 1. The van der Waals surface area contributed by atoms with Gasteiger partial charge >= 0.3 is 6.09 Å². The summed E-state index contributed by atoms with van der Waals surface area (Å²) in [6.07, 6.45) is 2.65. The van der Waals surface area contributed by atoms with Crippen LogP contribution in [0.2, 0.25) is 0 Å². The summed E-state index contributed by atoms with van der Waals surface area (Å²) in [7, 11) is 0. The SMILES string of the molecule is Cc1ccc(Cc2ccccc2NC(=O)OC2C[N+]3(CCOc4ccccc4)CCC2CC3)s1. The number of piperidine rings is 3. The summed E-state index contributed by atoms with van der Waals surface area (Å²) in [6, 6.07) is 22.3. The molecule has 2 bridgehead atoms. The smallest absolute Gasteiger partial charge is 0.412 e. The van der Waals surface area contributed by atoms with E-state index in [4.69, 9.17) is 9.47 Å². The lowest BCUT2D eigenvalue weighted by atomic mass is 9.83. The van der Waals surface area contributed by atoms with Crippen molar-refractivity contribution in [3.63, 3.8) is 0 Å². The van der Waals surface area contributed by atoms with Gasteiger partial charge < -0.3 is 14.0 Å². The van der Waals surface area contributed by atoms with Gasteiger partial charge in [0.05, 0.1) is 13.1 Å². The molecule has 34 heavy (non-hydrogen) atoms. The van der Waals surface area contributed by atoms with E-state index in [1.807, 2.05) is 48.5 Å². The molecule has 3 aromatic rings. The van der Waals surface area contributed by atoms with Gasteiger partial charge in [-0.15, -0.1) is 11.3 Å². The summed E-state index contributed by atoms with van der Waals surface area (Å²) in [4.78, 5) is 15.5. The molecule has 0 radical (unpaired) electrons. The average molecular weight is 478 g/mol. The van der Waals surface area contributed by atoms with Crippen molar-refractivity contribution >= 4 is 23.1 Å². The number of carbonyl (C=O) groups excluding carboxylic acids is 1. The number of carbonyl (C=O) groups is 1. The fourth-order valence-corrected chi connectivity index (χ4v) is 6.30. The number of ether oxygens (including phenoxy) is 2. The monoisotopic (exact) mass is 477 g/mol. The number of para-hydroxylation sites is 2. The van der Waals surface area contributed by atoms with Crippen molar-refractivity contribution in [3.8, 4) is 5.75 Å². The van der Waals surface area contributed by atoms with E-state index in [2.05, 4.69) is 30.4 Å². The van der Waals surface area contributed by atoms with Crippen LogP contribution in [-0.4, -0.2) is 49.5 Å². The van der Waals surface area contributed by atoms with Crippen LogP contribution in [0.1, 0.15) is 28.2 Å². The standard InChI is InChI=1S/C28H32N2O3S/c1-21-11-12-25(34-21)19-23-7-5-6-10-26(23)29-28(31)33-27-20-30(15-13-22(27)14-16-30)17-18-32-24-8-3-2-4-9-24/h2-12,22,27H,13-20H2,1H3/p+1. The van der Waals surface area contributed by atoms with Crippen LogP contribution < -0.4 is 10.1 Å². The van der Waals surface area contributed by atoms with Gasteiger partial charge in [0.25, 0.3) is 0 Å². The molecule has 1 atom stereocenters. The molecule has 6 rings (SSSR count). The van der Waals surface area contributed by atoms with Crippen LogP contribution in [0.25, 0.3) is 0 Å². The minimum atomic E-state index is -0.341. The number of hydrogen-bond acceptors (Lipinski definition) is 4. The average Bonchev–Trinajstić information content (AvgIpc) is 3.26. The molecule has 1 aromatic heterocycles. The number of anilines is 1. The minimum absolute atomic E-state index is 0.0358. The summed E-state index contributed by atoms with van der Waals surface area (Å²) < 4.78 is 13.0. The first-order chi connectivity index (χ1) is 16.6. The highest BCUT2D eigenvalue weighted by molar-refractivity contribution is 7.11. The summed E-state index contributed by atoms with van der Waals surface area (Å²) >= 11 is 1.79. The lowest BCUT2D eigenvalue weighted by Crippen LogP contribution is -2.65. The molecule has 5 nitrogen and oxygen atoms in total. The first-order valence-electron chi connectivity index (χ1n) is 12.2.